The molecular weight excluding hydrogens is 312 g/mol. The van der Waals surface area contributed by atoms with Crippen LogP contribution < -0.4 is 5.32 Å². The molecule has 1 N–H and O–H groups in total. The van der Waals surface area contributed by atoms with Crippen molar-refractivity contribution in [1.82, 2.24) is 15.2 Å². The van der Waals surface area contributed by atoms with E-state index in [0.717, 1.165) is 24.5 Å². The standard InChI is InChI=1S/C18H19F2N3O/c1-23(11-17(24)22-14-5-6-14)18(12-3-2-8-21-10-12)15-7-4-13(19)9-16(15)20/h2-4,7-10,14,18H,5-6,11H2,1H3,(H,22,24). The minimum atomic E-state index is -0.640. The van der Waals surface area contributed by atoms with Crippen LogP contribution in [0.3, 0.4) is 0 Å². The van der Waals surface area contributed by atoms with Gasteiger partial charge in [0.15, 0.2) is 0 Å². The van der Waals surface area contributed by atoms with E-state index in [1.54, 1.807) is 30.4 Å². The minimum absolute atomic E-state index is 0.101. The number of pyridine rings is 1. The van der Waals surface area contributed by atoms with Gasteiger partial charge in [-0.25, -0.2) is 8.78 Å². The van der Waals surface area contributed by atoms with Crippen LogP contribution in [0.4, 0.5) is 8.78 Å². The van der Waals surface area contributed by atoms with E-state index in [-0.39, 0.29) is 18.5 Å². The van der Waals surface area contributed by atoms with Gasteiger partial charge in [-0.05, 0) is 37.6 Å². The molecule has 0 saturated heterocycles. The normalized spacial score (nSPS) is 15.3. The van der Waals surface area contributed by atoms with Crippen LogP contribution in [0.1, 0.15) is 30.0 Å². The van der Waals surface area contributed by atoms with Gasteiger partial charge >= 0.3 is 0 Å². The van der Waals surface area contributed by atoms with Crippen molar-refractivity contribution in [1.29, 1.82) is 0 Å². The molecule has 0 radical (unpaired) electrons. The molecule has 1 aromatic carbocycles. The van der Waals surface area contributed by atoms with Gasteiger partial charge in [0.05, 0.1) is 12.6 Å². The molecule has 0 aliphatic heterocycles. The molecule has 1 heterocycles. The number of rotatable bonds is 6. The first-order valence-electron chi connectivity index (χ1n) is 7.89. The lowest BCUT2D eigenvalue weighted by Gasteiger charge is -2.28. The number of likely N-dealkylation sites (N-methyl/N-ethyl adjacent to an activating group) is 1. The lowest BCUT2D eigenvalue weighted by molar-refractivity contribution is -0.122. The highest BCUT2D eigenvalue weighted by Gasteiger charge is 2.27. The van der Waals surface area contributed by atoms with Crippen molar-refractivity contribution in [2.24, 2.45) is 0 Å². The summed E-state index contributed by atoms with van der Waals surface area (Å²) in [6.07, 6.45) is 5.27. The van der Waals surface area contributed by atoms with Crippen molar-refractivity contribution in [2.75, 3.05) is 13.6 Å². The highest BCUT2D eigenvalue weighted by atomic mass is 19.1. The average molecular weight is 331 g/mol. The van der Waals surface area contributed by atoms with Crippen LogP contribution in [0.15, 0.2) is 42.7 Å². The number of carbonyl (C=O) groups excluding carboxylic acids is 1. The summed E-state index contributed by atoms with van der Waals surface area (Å²) in [6, 6.07) is 6.81. The predicted molar refractivity (Wildman–Crippen MR) is 86.2 cm³/mol. The third kappa shape index (κ3) is 3.94. The van der Waals surface area contributed by atoms with Crippen LogP contribution in [0.5, 0.6) is 0 Å². The molecule has 2 aromatic rings. The molecule has 0 spiro atoms. The molecule has 1 unspecified atom stereocenters. The van der Waals surface area contributed by atoms with Crippen LogP contribution in [-0.2, 0) is 4.79 Å². The lowest BCUT2D eigenvalue weighted by Crippen LogP contribution is -2.38. The van der Waals surface area contributed by atoms with E-state index < -0.39 is 17.7 Å². The van der Waals surface area contributed by atoms with Crippen molar-refractivity contribution in [3.8, 4) is 0 Å². The van der Waals surface area contributed by atoms with Gasteiger partial charge in [0.1, 0.15) is 11.6 Å². The molecule has 24 heavy (non-hydrogen) atoms. The van der Waals surface area contributed by atoms with Crippen molar-refractivity contribution < 1.29 is 13.6 Å². The van der Waals surface area contributed by atoms with Crippen LogP contribution >= 0.6 is 0 Å². The first-order chi connectivity index (χ1) is 11.5. The SMILES string of the molecule is CN(CC(=O)NC1CC1)C(c1cccnc1)c1ccc(F)cc1F. The number of nitrogens with zero attached hydrogens (tertiary/aromatic N) is 2. The van der Waals surface area contributed by atoms with Crippen LogP contribution in [0.25, 0.3) is 0 Å². The number of amides is 1. The largest absolute Gasteiger partial charge is 0.352 e. The minimum Gasteiger partial charge on any atom is -0.352 e. The molecule has 0 bridgehead atoms. The Balaban J connectivity index is 1.88. The summed E-state index contributed by atoms with van der Waals surface area (Å²) in [6.45, 7) is 0.118. The van der Waals surface area contributed by atoms with Crippen LogP contribution in [0, 0.1) is 11.6 Å². The Hall–Kier alpha value is -2.34. The highest BCUT2D eigenvalue weighted by Crippen LogP contribution is 2.29. The van der Waals surface area contributed by atoms with Crippen molar-refractivity contribution >= 4 is 5.91 Å². The van der Waals surface area contributed by atoms with Crippen molar-refractivity contribution in [3.05, 3.63) is 65.5 Å². The summed E-state index contributed by atoms with van der Waals surface area (Å²) in [7, 11) is 1.74. The van der Waals surface area contributed by atoms with Gasteiger partial charge in [0.25, 0.3) is 0 Å². The molecule has 1 amide bonds. The maximum atomic E-state index is 14.3. The van der Waals surface area contributed by atoms with Crippen LogP contribution in [-0.4, -0.2) is 35.4 Å². The van der Waals surface area contributed by atoms with E-state index in [9.17, 15) is 13.6 Å². The Kier molecular flexibility index (Phi) is 4.85. The van der Waals surface area contributed by atoms with Crippen molar-refractivity contribution in [2.45, 2.75) is 24.9 Å². The van der Waals surface area contributed by atoms with Gasteiger partial charge in [-0.15, -0.1) is 0 Å². The Bertz CT molecular complexity index is 719. The van der Waals surface area contributed by atoms with E-state index in [2.05, 4.69) is 10.3 Å². The number of aromatic nitrogens is 1. The maximum Gasteiger partial charge on any atom is 0.234 e. The summed E-state index contributed by atoms with van der Waals surface area (Å²) < 4.78 is 27.6. The number of benzene rings is 1. The van der Waals surface area contributed by atoms with E-state index in [4.69, 9.17) is 0 Å². The number of nitrogens with one attached hydrogen (secondary N) is 1. The molecule has 1 fully saturated rings. The summed E-state index contributed by atoms with van der Waals surface area (Å²) in [5, 5.41) is 2.92. The Labute approximate surface area is 139 Å². The summed E-state index contributed by atoms with van der Waals surface area (Å²) >= 11 is 0. The quantitative estimate of drug-likeness (QED) is 0.885. The molecule has 1 aromatic heterocycles. The van der Waals surface area contributed by atoms with E-state index >= 15 is 0 Å². The van der Waals surface area contributed by atoms with Crippen LogP contribution in [0.2, 0.25) is 0 Å². The second kappa shape index (κ2) is 7.05. The summed E-state index contributed by atoms with van der Waals surface area (Å²) in [4.78, 5) is 17.9. The van der Waals surface area contributed by atoms with Gasteiger partial charge in [-0.3, -0.25) is 14.7 Å². The van der Waals surface area contributed by atoms with Gasteiger partial charge in [-0.1, -0.05) is 12.1 Å². The Morgan fingerprint density at radius 3 is 2.79 bits per heavy atom. The third-order valence-corrected chi connectivity index (χ3v) is 4.03. The Morgan fingerprint density at radius 2 is 2.17 bits per heavy atom. The first-order valence-corrected chi connectivity index (χ1v) is 7.89. The highest BCUT2D eigenvalue weighted by molar-refractivity contribution is 5.78. The Morgan fingerprint density at radius 1 is 1.38 bits per heavy atom. The summed E-state index contributed by atoms with van der Waals surface area (Å²) in [5.41, 5.74) is 1.05. The zero-order chi connectivity index (χ0) is 17.1. The van der Waals surface area contributed by atoms with E-state index in [1.165, 1.54) is 12.1 Å². The van der Waals surface area contributed by atoms with Gasteiger partial charge in [-0.2, -0.15) is 0 Å². The topological polar surface area (TPSA) is 45.2 Å². The second-order valence-electron chi connectivity index (χ2n) is 6.11. The number of hydrogen-bond donors (Lipinski definition) is 1. The molecule has 3 rings (SSSR count). The molecule has 1 aliphatic carbocycles. The molecule has 1 saturated carbocycles. The third-order valence-electron chi connectivity index (χ3n) is 4.03. The second-order valence-corrected chi connectivity index (χ2v) is 6.11. The fourth-order valence-electron chi connectivity index (χ4n) is 2.75. The summed E-state index contributed by atoms with van der Waals surface area (Å²) in [5.74, 6) is -1.37. The average Bonchev–Trinajstić information content (AvgIpc) is 3.34. The zero-order valence-corrected chi connectivity index (χ0v) is 13.4. The number of halogens is 2. The number of hydrogen-bond acceptors (Lipinski definition) is 3. The lowest BCUT2D eigenvalue weighted by atomic mass is 9.98. The molecular formula is C18H19F2N3O. The monoisotopic (exact) mass is 331 g/mol. The number of carbonyl (C=O) groups is 1. The fourth-order valence-corrected chi connectivity index (χ4v) is 2.75. The fraction of sp³-hybridized carbons (Fsp3) is 0.333. The van der Waals surface area contributed by atoms with Gasteiger partial charge < -0.3 is 5.32 Å². The van der Waals surface area contributed by atoms with Gasteiger partial charge in [0, 0.05) is 30.1 Å². The first kappa shape index (κ1) is 16.5. The van der Waals surface area contributed by atoms with Gasteiger partial charge in [0.2, 0.25) is 5.91 Å². The predicted octanol–water partition coefficient (Wildman–Crippen LogP) is 2.66. The molecule has 126 valence electrons. The van der Waals surface area contributed by atoms with E-state index in [0.29, 0.717) is 5.56 Å². The zero-order valence-electron chi connectivity index (χ0n) is 13.4. The molecule has 1 atom stereocenters. The van der Waals surface area contributed by atoms with Crippen molar-refractivity contribution in [3.63, 3.8) is 0 Å². The van der Waals surface area contributed by atoms with E-state index in [1.807, 2.05) is 6.07 Å². The molecule has 4 nitrogen and oxygen atoms in total. The maximum absolute atomic E-state index is 14.3. The molecule has 6 heteroatoms. The molecule has 1 aliphatic rings. The smallest absolute Gasteiger partial charge is 0.234 e.